The van der Waals surface area contributed by atoms with Crippen molar-refractivity contribution in [3.05, 3.63) is 64.2 Å². The first kappa shape index (κ1) is 20.9. The van der Waals surface area contributed by atoms with Gasteiger partial charge < -0.3 is 10.1 Å². The molecule has 0 radical (unpaired) electrons. The highest BCUT2D eigenvalue weighted by Gasteiger charge is 2.26. The average Bonchev–Trinajstić information content (AvgIpc) is 3.21. The Balaban J connectivity index is 1.69. The summed E-state index contributed by atoms with van der Waals surface area (Å²) in [5.41, 5.74) is 0.368. The third-order valence-electron chi connectivity index (χ3n) is 4.62. The molecule has 1 aliphatic rings. The van der Waals surface area contributed by atoms with Crippen LogP contribution in [0.1, 0.15) is 23.2 Å². The number of amides is 1. The van der Waals surface area contributed by atoms with Gasteiger partial charge in [-0.05, 0) is 43.2 Å². The Labute approximate surface area is 168 Å². The number of nitro groups is 1. The summed E-state index contributed by atoms with van der Waals surface area (Å²) in [6.07, 6.45) is 1.65. The number of non-ortho nitro benzene ring substituents is 1. The van der Waals surface area contributed by atoms with Crippen molar-refractivity contribution in [2.24, 2.45) is 0 Å². The summed E-state index contributed by atoms with van der Waals surface area (Å²) < 4.78 is 32.1. The smallest absolute Gasteiger partial charge is 0.271 e. The fourth-order valence-electron chi connectivity index (χ4n) is 3.03. The molecule has 10 heteroatoms. The Bertz CT molecular complexity index is 1000. The summed E-state index contributed by atoms with van der Waals surface area (Å²) in [4.78, 5) is 22.7. The minimum Gasteiger partial charge on any atom is -0.377 e. The van der Waals surface area contributed by atoms with Gasteiger partial charge in [-0.3, -0.25) is 14.9 Å². The van der Waals surface area contributed by atoms with Crippen molar-refractivity contribution in [2.45, 2.75) is 23.8 Å². The highest BCUT2D eigenvalue weighted by atomic mass is 32.2. The number of ether oxygens (including phenoxy) is 1. The van der Waals surface area contributed by atoms with Gasteiger partial charge in [0.15, 0.2) is 0 Å². The summed E-state index contributed by atoms with van der Waals surface area (Å²) in [6.45, 7) is 0.921. The fraction of sp³-hybridized carbons (Fsp3) is 0.316. The van der Waals surface area contributed by atoms with Gasteiger partial charge in [0.25, 0.3) is 11.6 Å². The second kappa shape index (κ2) is 8.68. The lowest BCUT2D eigenvalue weighted by Crippen LogP contribution is -2.34. The molecule has 0 bridgehead atoms. The molecule has 1 aliphatic heterocycles. The highest BCUT2D eigenvalue weighted by Crippen LogP contribution is 2.21. The Kier molecular flexibility index (Phi) is 6.26. The molecule has 0 spiro atoms. The summed E-state index contributed by atoms with van der Waals surface area (Å²) in [5.74, 6) is -0.498. The zero-order chi connectivity index (χ0) is 21.0. The molecule has 0 unspecified atom stereocenters. The van der Waals surface area contributed by atoms with Crippen molar-refractivity contribution in [3.8, 4) is 0 Å². The number of rotatable bonds is 7. The Morgan fingerprint density at radius 1 is 1.28 bits per heavy atom. The minimum atomic E-state index is -3.70. The van der Waals surface area contributed by atoms with Gasteiger partial charge in [0.2, 0.25) is 10.0 Å². The molecular weight excluding hydrogens is 398 g/mol. The van der Waals surface area contributed by atoms with Crippen molar-refractivity contribution >= 4 is 27.3 Å². The van der Waals surface area contributed by atoms with Crippen LogP contribution in [0.4, 0.5) is 11.4 Å². The largest absolute Gasteiger partial charge is 0.377 e. The van der Waals surface area contributed by atoms with Gasteiger partial charge in [-0.25, -0.2) is 8.42 Å². The predicted octanol–water partition coefficient (Wildman–Crippen LogP) is 2.65. The average molecular weight is 419 g/mol. The van der Waals surface area contributed by atoms with Crippen LogP contribution in [0.5, 0.6) is 0 Å². The van der Waals surface area contributed by atoms with Gasteiger partial charge in [0.05, 0.1) is 15.9 Å². The minimum absolute atomic E-state index is 0.0740. The molecule has 1 N–H and O–H groups in total. The highest BCUT2D eigenvalue weighted by molar-refractivity contribution is 7.89. The maximum Gasteiger partial charge on any atom is 0.271 e. The summed E-state index contributed by atoms with van der Waals surface area (Å²) in [6, 6.07) is 11.1. The number of nitro benzene ring substituents is 1. The Morgan fingerprint density at radius 2 is 2.00 bits per heavy atom. The normalized spacial score (nSPS) is 16.7. The number of anilines is 1. The van der Waals surface area contributed by atoms with E-state index in [1.165, 1.54) is 59.9 Å². The van der Waals surface area contributed by atoms with Crippen LogP contribution >= 0.6 is 0 Å². The Morgan fingerprint density at radius 3 is 2.62 bits per heavy atom. The molecule has 1 fully saturated rings. The van der Waals surface area contributed by atoms with Crippen LogP contribution in [-0.4, -0.2) is 49.9 Å². The van der Waals surface area contributed by atoms with E-state index in [0.717, 1.165) is 12.8 Å². The van der Waals surface area contributed by atoms with Crippen molar-refractivity contribution in [3.63, 3.8) is 0 Å². The van der Waals surface area contributed by atoms with Crippen molar-refractivity contribution in [1.29, 1.82) is 0 Å². The molecule has 1 saturated heterocycles. The lowest BCUT2D eigenvalue weighted by molar-refractivity contribution is -0.384. The van der Waals surface area contributed by atoms with E-state index in [2.05, 4.69) is 5.32 Å². The molecule has 0 aromatic heterocycles. The van der Waals surface area contributed by atoms with Crippen LogP contribution in [0.3, 0.4) is 0 Å². The second-order valence-electron chi connectivity index (χ2n) is 6.71. The number of hydrogen-bond acceptors (Lipinski definition) is 6. The maximum atomic E-state index is 12.7. The first-order valence-electron chi connectivity index (χ1n) is 9.01. The van der Waals surface area contributed by atoms with Gasteiger partial charge in [0.1, 0.15) is 0 Å². The number of nitrogens with zero attached hydrogens (tertiary/aromatic N) is 2. The molecule has 154 valence electrons. The van der Waals surface area contributed by atoms with Crippen LogP contribution < -0.4 is 5.32 Å². The number of nitrogens with one attached hydrogen (secondary N) is 1. The van der Waals surface area contributed by atoms with Crippen molar-refractivity contribution in [1.82, 2.24) is 4.31 Å². The zero-order valence-corrected chi connectivity index (χ0v) is 16.6. The number of likely N-dealkylation sites (N-methyl/N-ethyl adjacent to an activating group) is 1. The number of carbonyl (C=O) groups excluding carboxylic acids is 1. The second-order valence-corrected chi connectivity index (χ2v) is 8.75. The van der Waals surface area contributed by atoms with Gasteiger partial charge in [0, 0.05) is 43.6 Å². The van der Waals surface area contributed by atoms with E-state index in [0.29, 0.717) is 6.61 Å². The van der Waals surface area contributed by atoms with E-state index >= 15 is 0 Å². The number of carbonyl (C=O) groups is 1. The molecule has 2 aromatic rings. The molecule has 2 aromatic carbocycles. The van der Waals surface area contributed by atoms with Crippen LogP contribution in [-0.2, 0) is 14.8 Å². The van der Waals surface area contributed by atoms with E-state index in [4.69, 9.17) is 4.74 Å². The van der Waals surface area contributed by atoms with E-state index in [-0.39, 0.29) is 34.5 Å². The van der Waals surface area contributed by atoms with Gasteiger partial charge in [-0.2, -0.15) is 4.31 Å². The van der Waals surface area contributed by atoms with Crippen LogP contribution in [0, 0.1) is 10.1 Å². The molecule has 3 rings (SSSR count). The first-order chi connectivity index (χ1) is 13.8. The van der Waals surface area contributed by atoms with E-state index in [1.54, 1.807) is 0 Å². The summed E-state index contributed by atoms with van der Waals surface area (Å²) in [7, 11) is -2.20. The molecular formula is C19H21N3O6S. The van der Waals surface area contributed by atoms with E-state index in [9.17, 15) is 23.3 Å². The van der Waals surface area contributed by atoms with Crippen molar-refractivity contribution in [2.75, 3.05) is 25.5 Å². The molecule has 0 aliphatic carbocycles. The summed E-state index contributed by atoms with van der Waals surface area (Å²) >= 11 is 0. The zero-order valence-electron chi connectivity index (χ0n) is 15.8. The SMILES string of the molecule is CN(C[C@H]1CCCO1)S(=O)(=O)c1ccc(C(=O)Nc2cccc([N+](=O)[O-])c2)cc1. The fourth-order valence-corrected chi connectivity index (χ4v) is 4.23. The predicted molar refractivity (Wildman–Crippen MR) is 106 cm³/mol. The van der Waals surface area contributed by atoms with Crippen LogP contribution in [0.15, 0.2) is 53.4 Å². The topological polar surface area (TPSA) is 119 Å². The molecule has 0 saturated carbocycles. The number of hydrogen-bond donors (Lipinski definition) is 1. The monoisotopic (exact) mass is 419 g/mol. The van der Waals surface area contributed by atoms with Gasteiger partial charge in [-0.1, -0.05) is 6.07 Å². The van der Waals surface area contributed by atoms with Gasteiger partial charge in [-0.15, -0.1) is 0 Å². The third-order valence-corrected chi connectivity index (χ3v) is 6.46. The number of benzene rings is 2. The Hall–Kier alpha value is -2.82. The van der Waals surface area contributed by atoms with Crippen LogP contribution in [0.2, 0.25) is 0 Å². The molecule has 1 amide bonds. The number of sulfonamides is 1. The van der Waals surface area contributed by atoms with E-state index in [1.807, 2.05) is 0 Å². The van der Waals surface area contributed by atoms with Crippen molar-refractivity contribution < 1.29 is 22.9 Å². The molecule has 1 heterocycles. The molecule has 1 atom stereocenters. The standard InChI is InChI=1S/C19H21N3O6S/c1-21(13-17-6-3-11-28-17)29(26,27)18-9-7-14(8-10-18)19(23)20-15-4-2-5-16(12-15)22(24)25/h2,4-5,7-10,12,17H,3,6,11,13H2,1H3,(H,20,23)/t17-/m1/s1. The molecule has 29 heavy (non-hydrogen) atoms. The molecule has 9 nitrogen and oxygen atoms in total. The van der Waals surface area contributed by atoms with Crippen LogP contribution in [0.25, 0.3) is 0 Å². The summed E-state index contributed by atoms with van der Waals surface area (Å²) in [5, 5.41) is 13.4. The lowest BCUT2D eigenvalue weighted by Gasteiger charge is -2.20. The first-order valence-corrected chi connectivity index (χ1v) is 10.5. The maximum absolute atomic E-state index is 12.7. The lowest BCUT2D eigenvalue weighted by atomic mass is 10.2. The third kappa shape index (κ3) is 4.97. The quantitative estimate of drug-likeness (QED) is 0.544. The van der Waals surface area contributed by atoms with E-state index < -0.39 is 20.9 Å². The van der Waals surface area contributed by atoms with Gasteiger partial charge >= 0.3 is 0 Å².